The van der Waals surface area contributed by atoms with Crippen molar-refractivity contribution in [3.05, 3.63) is 48.0 Å². The van der Waals surface area contributed by atoms with Crippen LogP contribution in [0.5, 0.6) is 5.75 Å². The number of alkyl halides is 3. The molecule has 1 aromatic carbocycles. The van der Waals surface area contributed by atoms with Gasteiger partial charge in [0, 0.05) is 24.5 Å². The third kappa shape index (κ3) is 3.38. The van der Waals surface area contributed by atoms with Gasteiger partial charge in [-0.3, -0.25) is 4.90 Å². The van der Waals surface area contributed by atoms with Crippen molar-refractivity contribution >= 4 is 0 Å². The Labute approximate surface area is 144 Å². The predicted octanol–water partition coefficient (Wildman–Crippen LogP) is 3.86. The number of fused-ring (bicyclic) bond motifs is 2. The highest BCUT2D eigenvalue weighted by Crippen LogP contribution is 2.43. The number of likely N-dealkylation sites (tertiary alicyclic amines) is 1. The van der Waals surface area contributed by atoms with Crippen LogP contribution in [0.25, 0.3) is 0 Å². The molecule has 2 aromatic rings. The van der Waals surface area contributed by atoms with Gasteiger partial charge in [-0.1, -0.05) is 6.07 Å². The first kappa shape index (κ1) is 16.4. The Morgan fingerprint density at radius 2 is 2.16 bits per heavy atom. The van der Waals surface area contributed by atoms with Crippen molar-refractivity contribution in [2.45, 2.75) is 44.1 Å². The molecule has 0 radical (unpaired) electrons. The number of aromatic amines is 1. The maximum Gasteiger partial charge on any atom is 0.416 e. The Morgan fingerprint density at radius 3 is 2.92 bits per heavy atom. The van der Waals surface area contributed by atoms with E-state index in [0.717, 1.165) is 37.3 Å². The second kappa shape index (κ2) is 6.37. The number of hydrogen-bond donors (Lipinski definition) is 1. The maximum absolute atomic E-state index is 12.8. The molecule has 4 rings (SSSR count). The third-order valence-corrected chi connectivity index (χ3v) is 5.35. The summed E-state index contributed by atoms with van der Waals surface area (Å²) in [5.74, 6) is 1.73. The average Bonchev–Trinajstić information content (AvgIpc) is 3.30. The largest absolute Gasteiger partial charge is 0.492 e. The topological polar surface area (TPSA) is 41.1 Å². The molecule has 1 saturated heterocycles. The number of H-pyrrole nitrogens is 1. The smallest absolute Gasteiger partial charge is 0.416 e. The Kier molecular flexibility index (Phi) is 4.19. The number of hydrogen-bond acceptors (Lipinski definition) is 3. The zero-order valence-electron chi connectivity index (χ0n) is 13.7. The molecule has 0 amide bonds. The predicted molar refractivity (Wildman–Crippen MR) is 86.0 cm³/mol. The third-order valence-electron chi connectivity index (χ3n) is 5.35. The fourth-order valence-electron chi connectivity index (χ4n) is 4.16. The molecule has 1 aromatic heterocycles. The molecule has 2 fully saturated rings. The molecular formula is C18H20F3N3O. The van der Waals surface area contributed by atoms with E-state index in [4.69, 9.17) is 4.74 Å². The van der Waals surface area contributed by atoms with E-state index < -0.39 is 11.7 Å². The number of aromatic nitrogens is 2. The summed E-state index contributed by atoms with van der Waals surface area (Å²) in [6.45, 7) is 1.13. The summed E-state index contributed by atoms with van der Waals surface area (Å²) in [5, 5.41) is 0. The standard InChI is InChI=1S/C18H20F3N3O/c19-18(20,21)13-2-1-3-15(9-13)25-11-16-12-4-5-14(8-12)24(16)10-17-22-6-7-23-17/h1-3,6-7,9,12,14,16H,4-5,8,10-11H2,(H,22,23)/t12?,14?,16-/m0/s1. The van der Waals surface area contributed by atoms with Gasteiger partial charge in [0.25, 0.3) is 0 Å². The first-order valence-corrected chi connectivity index (χ1v) is 8.55. The van der Waals surface area contributed by atoms with Crippen LogP contribution in [0.4, 0.5) is 13.2 Å². The van der Waals surface area contributed by atoms with Crippen molar-refractivity contribution in [3.8, 4) is 5.75 Å². The Bertz CT molecular complexity index is 717. The Balaban J connectivity index is 1.44. The van der Waals surface area contributed by atoms with Crippen LogP contribution in [-0.2, 0) is 12.7 Å². The first-order chi connectivity index (χ1) is 12.0. The molecule has 4 nitrogen and oxygen atoms in total. The minimum Gasteiger partial charge on any atom is -0.492 e. The molecule has 1 N–H and O–H groups in total. The number of benzene rings is 1. The summed E-state index contributed by atoms with van der Waals surface area (Å²) >= 11 is 0. The second-order valence-electron chi connectivity index (χ2n) is 6.84. The molecule has 1 saturated carbocycles. The molecule has 3 atom stereocenters. The molecule has 1 aliphatic heterocycles. The summed E-state index contributed by atoms with van der Waals surface area (Å²) in [6, 6.07) is 5.85. The number of piperidine rings is 1. The highest BCUT2D eigenvalue weighted by atomic mass is 19.4. The number of imidazole rings is 1. The molecule has 2 bridgehead atoms. The number of rotatable bonds is 5. The van der Waals surface area contributed by atoms with Crippen molar-refractivity contribution in [3.63, 3.8) is 0 Å². The van der Waals surface area contributed by atoms with Gasteiger partial charge in [0.15, 0.2) is 0 Å². The lowest BCUT2D eigenvalue weighted by Crippen LogP contribution is -2.43. The van der Waals surface area contributed by atoms with Gasteiger partial charge in [-0.15, -0.1) is 0 Å². The highest BCUT2D eigenvalue weighted by molar-refractivity contribution is 5.30. The highest BCUT2D eigenvalue weighted by Gasteiger charge is 2.46. The van der Waals surface area contributed by atoms with Gasteiger partial charge in [0.2, 0.25) is 0 Å². The number of nitrogens with one attached hydrogen (secondary N) is 1. The van der Waals surface area contributed by atoms with Crippen molar-refractivity contribution in [1.29, 1.82) is 0 Å². The van der Waals surface area contributed by atoms with Crippen LogP contribution in [0, 0.1) is 5.92 Å². The lowest BCUT2D eigenvalue weighted by atomic mass is 9.99. The van der Waals surface area contributed by atoms with Gasteiger partial charge in [0.1, 0.15) is 18.2 Å². The van der Waals surface area contributed by atoms with E-state index in [9.17, 15) is 13.2 Å². The van der Waals surface area contributed by atoms with Crippen LogP contribution in [0.1, 0.15) is 30.7 Å². The molecule has 7 heteroatoms. The second-order valence-corrected chi connectivity index (χ2v) is 6.84. The van der Waals surface area contributed by atoms with Crippen LogP contribution < -0.4 is 4.74 Å². The molecule has 2 unspecified atom stereocenters. The van der Waals surface area contributed by atoms with Gasteiger partial charge < -0.3 is 9.72 Å². The molecule has 134 valence electrons. The van der Waals surface area contributed by atoms with Gasteiger partial charge in [0.05, 0.1) is 12.1 Å². The number of ether oxygens (including phenoxy) is 1. The zero-order valence-corrected chi connectivity index (χ0v) is 13.7. The van der Waals surface area contributed by atoms with Crippen LogP contribution in [0.3, 0.4) is 0 Å². The quantitative estimate of drug-likeness (QED) is 0.889. The lowest BCUT2D eigenvalue weighted by molar-refractivity contribution is -0.137. The van der Waals surface area contributed by atoms with Crippen molar-refractivity contribution in [2.24, 2.45) is 5.92 Å². The van der Waals surface area contributed by atoms with Crippen molar-refractivity contribution in [2.75, 3.05) is 6.61 Å². The molecule has 1 aliphatic carbocycles. The van der Waals surface area contributed by atoms with Crippen molar-refractivity contribution < 1.29 is 17.9 Å². The van der Waals surface area contributed by atoms with Crippen LogP contribution >= 0.6 is 0 Å². The molecule has 0 spiro atoms. The zero-order chi connectivity index (χ0) is 17.4. The minimum atomic E-state index is -4.35. The van der Waals surface area contributed by atoms with Gasteiger partial charge in [-0.2, -0.15) is 13.2 Å². The van der Waals surface area contributed by atoms with Gasteiger partial charge in [-0.05, 0) is 43.4 Å². The van der Waals surface area contributed by atoms with E-state index in [2.05, 4.69) is 14.9 Å². The first-order valence-electron chi connectivity index (χ1n) is 8.55. The molecule has 2 heterocycles. The van der Waals surface area contributed by atoms with E-state index in [0.29, 0.717) is 18.6 Å². The van der Waals surface area contributed by atoms with Gasteiger partial charge in [-0.25, -0.2) is 4.98 Å². The fourth-order valence-corrected chi connectivity index (χ4v) is 4.16. The summed E-state index contributed by atoms with van der Waals surface area (Å²) in [7, 11) is 0. The van der Waals surface area contributed by atoms with Gasteiger partial charge >= 0.3 is 6.18 Å². The molecular weight excluding hydrogens is 331 g/mol. The lowest BCUT2D eigenvalue weighted by Gasteiger charge is -2.34. The monoisotopic (exact) mass is 351 g/mol. The SMILES string of the molecule is FC(F)(F)c1cccc(OC[C@H]2C3CCC(C3)N2Cc2ncc[nH]2)c1. The van der Waals surface area contributed by atoms with E-state index in [1.54, 1.807) is 18.5 Å². The average molecular weight is 351 g/mol. The minimum absolute atomic E-state index is 0.221. The summed E-state index contributed by atoms with van der Waals surface area (Å²) < 4.78 is 44.2. The summed E-state index contributed by atoms with van der Waals surface area (Å²) in [5.41, 5.74) is -0.676. The summed E-state index contributed by atoms with van der Waals surface area (Å²) in [4.78, 5) is 9.80. The Morgan fingerprint density at radius 1 is 1.28 bits per heavy atom. The van der Waals surface area contributed by atoms with Crippen LogP contribution in [0.2, 0.25) is 0 Å². The van der Waals surface area contributed by atoms with E-state index in [-0.39, 0.29) is 11.8 Å². The van der Waals surface area contributed by atoms with Crippen LogP contribution in [0.15, 0.2) is 36.7 Å². The number of nitrogens with zero attached hydrogens (tertiary/aromatic N) is 2. The molecule has 2 aliphatic rings. The van der Waals surface area contributed by atoms with E-state index >= 15 is 0 Å². The van der Waals surface area contributed by atoms with E-state index in [1.807, 2.05) is 0 Å². The van der Waals surface area contributed by atoms with Crippen molar-refractivity contribution in [1.82, 2.24) is 14.9 Å². The summed E-state index contributed by atoms with van der Waals surface area (Å²) in [6.07, 6.45) is 2.66. The van der Waals surface area contributed by atoms with Crippen LogP contribution in [-0.4, -0.2) is 33.6 Å². The normalized spacial score (nSPS) is 26.3. The molecule has 25 heavy (non-hydrogen) atoms. The Hall–Kier alpha value is -2.02. The maximum atomic E-state index is 12.8. The van der Waals surface area contributed by atoms with E-state index in [1.165, 1.54) is 12.5 Å². The fraction of sp³-hybridized carbons (Fsp3) is 0.500. The number of halogens is 3.